The lowest BCUT2D eigenvalue weighted by Gasteiger charge is -2.36. The van der Waals surface area contributed by atoms with Crippen molar-refractivity contribution >= 4 is 5.78 Å². The third kappa shape index (κ3) is 1.14. The average Bonchev–Trinajstić information content (AvgIpc) is 2.13. The molecule has 0 saturated heterocycles. The number of ketones is 1. The summed E-state index contributed by atoms with van der Waals surface area (Å²) in [6.07, 6.45) is 1.60. The maximum absolute atomic E-state index is 11.3. The van der Waals surface area contributed by atoms with Crippen LogP contribution in [0.3, 0.4) is 0 Å². The van der Waals surface area contributed by atoms with Crippen molar-refractivity contribution in [2.75, 3.05) is 14.2 Å². The van der Waals surface area contributed by atoms with E-state index in [9.17, 15) is 9.90 Å². The summed E-state index contributed by atoms with van der Waals surface area (Å²) >= 11 is 0. The second-order valence-electron chi connectivity index (χ2n) is 2.75. The number of methoxy groups -OCH3 is 2. The van der Waals surface area contributed by atoms with Crippen LogP contribution in [0, 0.1) is 0 Å². The van der Waals surface area contributed by atoms with E-state index >= 15 is 0 Å². The first-order valence-electron chi connectivity index (χ1n) is 3.82. The topological polar surface area (TPSA) is 55.8 Å². The van der Waals surface area contributed by atoms with Crippen LogP contribution in [0.15, 0.2) is 24.2 Å². The summed E-state index contributed by atoms with van der Waals surface area (Å²) < 4.78 is 9.62. The van der Waals surface area contributed by atoms with Crippen LogP contribution in [0.4, 0.5) is 0 Å². The molecular weight excluding hydrogens is 172 g/mol. The first-order chi connectivity index (χ1) is 6.11. The number of hydrogen-bond donors (Lipinski definition) is 1. The van der Waals surface area contributed by atoms with Crippen molar-refractivity contribution in [3.8, 4) is 0 Å². The SMILES string of the molecule is C=CCC1(O)C(=O)C(OC)=C1OC. The van der Waals surface area contributed by atoms with E-state index in [0.29, 0.717) is 0 Å². The number of aliphatic hydroxyl groups is 1. The van der Waals surface area contributed by atoms with E-state index in [1.165, 1.54) is 20.3 Å². The number of hydrogen-bond acceptors (Lipinski definition) is 4. The molecule has 0 heterocycles. The Kier molecular flexibility index (Phi) is 2.43. The molecule has 0 amide bonds. The Morgan fingerprint density at radius 3 is 2.54 bits per heavy atom. The Balaban J connectivity index is 3.00. The molecule has 0 bridgehead atoms. The molecule has 4 nitrogen and oxygen atoms in total. The van der Waals surface area contributed by atoms with Crippen LogP contribution in [0.25, 0.3) is 0 Å². The van der Waals surface area contributed by atoms with E-state index in [4.69, 9.17) is 9.47 Å². The lowest BCUT2D eigenvalue weighted by atomic mass is 9.80. The average molecular weight is 184 g/mol. The minimum absolute atomic E-state index is 0.0897. The molecule has 1 aliphatic rings. The lowest BCUT2D eigenvalue weighted by molar-refractivity contribution is -0.145. The molecule has 0 aliphatic heterocycles. The molecule has 72 valence electrons. The Labute approximate surface area is 76.5 Å². The molecule has 13 heavy (non-hydrogen) atoms. The quantitative estimate of drug-likeness (QED) is 0.642. The molecule has 0 aromatic rings. The summed E-state index contributed by atoms with van der Waals surface area (Å²) in [7, 11) is 2.74. The molecule has 0 aromatic carbocycles. The van der Waals surface area contributed by atoms with Crippen molar-refractivity contribution in [1.82, 2.24) is 0 Å². The minimum Gasteiger partial charge on any atom is -0.494 e. The maximum Gasteiger partial charge on any atom is 0.240 e. The monoisotopic (exact) mass is 184 g/mol. The van der Waals surface area contributed by atoms with E-state index in [1.807, 2.05) is 0 Å². The highest BCUT2D eigenvalue weighted by Gasteiger charge is 2.55. The van der Waals surface area contributed by atoms with Gasteiger partial charge in [-0.15, -0.1) is 6.58 Å². The van der Waals surface area contributed by atoms with Gasteiger partial charge in [0.1, 0.15) is 0 Å². The summed E-state index contributed by atoms with van der Waals surface area (Å²) in [6, 6.07) is 0. The fourth-order valence-corrected chi connectivity index (χ4v) is 1.36. The van der Waals surface area contributed by atoms with Gasteiger partial charge in [0.25, 0.3) is 0 Å². The fraction of sp³-hybridized carbons (Fsp3) is 0.444. The van der Waals surface area contributed by atoms with Crippen molar-refractivity contribution in [2.45, 2.75) is 12.0 Å². The molecule has 0 spiro atoms. The van der Waals surface area contributed by atoms with Crippen molar-refractivity contribution < 1.29 is 19.4 Å². The third-order valence-electron chi connectivity index (χ3n) is 2.01. The molecule has 0 saturated carbocycles. The highest BCUT2D eigenvalue weighted by molar-refractivity contribution is 6.10. The summed E-state index contributed by atoms with van der Waals surface area (Å²) in [5.41, 5.74) is -1.55. The van der Waals surface area contributed by atoms with Crippen LogP contribution in [-0.4, -0.2) is 30.7 Å². The van der Waals surface area contributed by atoms with Crippen LogP contribution < -0.4 is 0 Å². The van der Waals surface area contributed by atoms with Crippen LogP contribution in [0.2, 0.25) is 0 Å². The van der Waals surface area contributed by atoms with Crippen LogP contribution >= 0.6 is 0 Å². The van der Waals surface area contributed by atoms with Crippen molar-refractivity contribution in [3.05, 3.63) is 24.2 Å². The molecule has 1 aliphatic carbocycles. The standard InChI is InChI=1S/C9H12O4/c1-4-5-9(11)7(10)6(12-2)8(9)13-3/h4,11H,1,5H2,2-3H3. The van der Waals surface area contributed by atoms with Gasteiger partial charge >= 0.3 is 0 Å². The minimum atomic E-state index is -1.55. The molecule has 1 N–H and O–H groups in total. The first kappa shape index (κ1) is 9.80. The number of ether oxygens (including phenoxy) is 2. The van der Waals surface area contributed by atoms with Crippen molar-refractivity contribution in [1.29, 1.82) is 0 Å². The largest absolute Gasteiger partial charge is 0.494 e. The Hall–Kier alpha value is -1.29. The number of rotatable bonds is 4. The summed E-state index contributed by atoms with van der Waals surface area (Å²) in [5.74, 6) is -0.182. The van der Waals surface area contributed by atoms with Gasteiger partial charge in [-0.2, -0.15) is 0 Å². The highest BCUT2D eigenvalue weighted by atomic mass is 16.5. The summed E-state index contributed by atoms with van der Waals surface area (Å²) in [6.45, 7) is 3.45. The number of Topliss-reactive ketones (excluding diaryl/α,β-unsaturated/α-hetero) is 1. The van der Waals surface area contributed by atoms with E-state index in [0.717, 1.165) is 0 Å². The van der Waals surface area contributed by atoms with Crippen molar-refractivity contribution in [2.24, 2.45) is 0 Å². The van der Waals surface area contributed by atoms with E-state index in [-0.39, 0.29) is 17.9 Å². The van der Waals surface area contributed by atoms with Crippen molar-refractivity contribution in [3.63, 3.8) is 0 Å². The predicted molar refractivity (Wildman–Crippen MR) is 45.8 cm³/mol. The van der Waals surface area contributed by atoms with Gasteiger partial charge in [0.2, 0.25) is 11.5 Å². The second kappa shape index (κ2) is 3.22. The van der Waals surface area contributed by atoms with Gasteiger partial charge in [-0.05, 0) is 0 Å². The van der Waals surface area contributed by atoms with Crippen LogP contribution in [0.5, 0.6) is 0 Å². The number of carbonyl (C=O) groups excluding carboxylic acids is 1. The Morgan fingerprint density at radius 2 is 2.15 bits per heavy atom. The fourth-order valence-electron chi connectivity index (χ4n) is 1.36. The first-order valence-corrected chi connectivity index (χ1v) is 3.82. The van der Waals surface area contributed by atoms with E-state index in [2.05, 4.69) is 6.58 Å². The molecule has 0 radical (unpaired) electrons. The zero-order valence-electron chi connectivity index (χ0n) is 7.66. The predicted octanol–water partition coefficient (Wildman–Crippen LogP) is 0.381. The van der Waals surface area contributed by atoms with Gasteiger partial charge in [0.15, 0.2) is 11.4 Å². The highest BCUT2D eigenvalue weighted by Crippen LogP contribution is 2.38. The smallest absolute Gasteiger partial charge is 0.240 e. The van der Waals surface area contributed by atoms with Gasteiger partial charge in [0.05, 0.1) is 14.2 Å². The zero-order chi connectivity index (χ0) is 10.1. The van der Waals surface area contributed by atoms with Crippen LogP contribution in [0.1, 0.15) is 6.42 Å². The second-order valence-corrected chi connectivity index (χ2v) is 2.75. The van der Waals surface area contributed by atoms with Gasteiger partial charge in [-0.25, -0.2) is 0 Å². The summed E-state index contributed by atoms with van der Waals surface area (Å²) in [4.78, 5) is 11.3. The molecule has 0 fully saturated rings. The lowest BCUT2D eigenvalue weighted by Crippen LogP contribution is -2.51. The molecule has 4 heteroatoms. The summed E-state index contributed by atoms with van der Waals surface area (Å²) in [5, 5.41) is 9.76. The molecule has 1 atom stereocenters. The third-order valence-corrected chi connectivity index (χ3v) is 2.01. The van der Waals surface area contributed by atoms with E-state index < -0.39 is 11.4 Å². The zero-order valence-corrected chi connectivity index (χ0v) is 7.66. The van der Waals surface area contributed by atoms with Gasteiger partial charge < -0.3 is 14.6 Å². The molecule has 1 unspecified atom stereocenters. The van der Waals surface area contributed by atoms with Gasteiger partial charge in [-0.3, -0.25) is 4.79 Å². The number of carbonyl (C=O) groups is 1. The maximum atomic E-state index is 11.3. The van der Waals surface area contributed by atoms with Gasteiger partial charge in [0, 0.05) is 6.42 Å². The molecular formula is C9H12O4. The van der Waals surface area contributed by atoms with E-state index in [1.54, 1.807) is 0 Å². The van der Waals surface area contributed by atoms with Gasteiger partial charge in [-0.1, -0.05) is 6.08 Å². The molecule has 1 rings (SSSR count). The Bertz CT molecular complexity index is 279. The van der Waals surface area contributed by atoms with Crippen LogP contribution in [-0.2, 0) is 14.3 Å². The normalized spacial score (nSPS) is 26.8. The molecule has 0 aromatic heterocycles. The Morgan fingerprint density at radius 1 is 1.54 bits per heavy atom.